The fourth-order valence-corrected chi connectivity index (χ4v) is 3.91. The van der Waals surface area contributed by atoms with E-state index in [0.717, 1.165) is 16.6 Å². The quantitative estimate of drug-likeness (QED) is 0.898. The van der Waals surface area contributed by atoms with Gasteiger partial charge in [0.15, 0.2) is 0 Å². The third-order valence-electron chi connectivity index (χ3n) is 4.81. The van der Waals surface area contributed by atoms with Crippen molar-refractivity contribution in [1.29, 1.82) is 0 Å². The molecule has 112 valence electrons. The Morgan fingerprint density at radius 1 is 1.33 bits per heavy atom. The summed E-state index contributed by atoms with van der Waals surface area (Å²) >= 11 is 3.69. The van der Waals surface area contributed by atoms with Crippen molar-refractivity contribution in [1.82, 2.24) is 15.1 Å². The molecule has 4 heteroatoms. The number of halogens is 1. The SMILES string of the molecule is CNC(Cc1c(Br)c(C)nn1C)C1(c2ccccc2)CC1. The first-order chi connectivity index (χ1) is 10.1. The van der Waals surface area contributed by atoms with Crippen molar-refractivity contribution in [2.45, 2.75) is 37.6 Å². The van der Waals surface area contributed by atoms with E-state index in [2.05, 4.69) is 63.7 Å². The number of nitrogens with zero attached hydrogens (tertiary/aromatic N) is 2. The number of aromatic nitrogens is 2. The number of hydrogen-bond donors (Lipinski definition) is 1. The molecule has 1 unspecified atom stereocenters. The average Bonchev–Trinajstić information content (AvgIpc) is 3.25. The van der Waals surface area contributed by atoms with Gasteiger partial charge in [-0.2, -0.15) is 5.10 Å². The Bertz CT molecular complexity index is 629. The lowest BCUT2D eigenvalue weighted by Crippen LogP contribution is -2.40. The molecule has 1 saturated carbocycles. The minimum Gasteiger partial charge on any atom is -0.316 e. The van der Waals surface area contributed by atoms with Crippen LogP contribution in [-0.2, 0) is 18.9 Å². The van der Waals surface area contributed by atoms with Crippen LogP contribution in [0.25, 0.3) is 0 Å². The van der Waals surface area contributed by atoms with Gasteiger partial charge in [0.1, 0.15) is 0 Å². The second kappa shape index (κ2) is 5.58. The van der Waals surface area contributed by atoms with Crippen LogP contribution < -0.4 is 5.32 Å². The summed E-state index contributed by atoms with van der Waals surface area (Å²) < 4.78 is 3.15. The fourth-order valence-electron chi connectivity index (χ4n) is 3.41. The molecule has 0 saturated heterocycles. The Morgan fingerprint density at radius 3 is 2.48 bits per heavy atom. The number of aryl methyl sites for hydroxylation is 2. The van der Waals surface area contributed by atoms with Crippen LogP contribution in [0, 0.1) is 6.92 Å². The zero-order chi connectivity index (χ0) is 15.0. The molecule has 1 aromatic carbocycles. The molecular weight excluding hydrogens is 326 g/mol. The fraction of sp³-hybridized carbons (Fsp3) is 0.471. The Morgan fingerprint density at radius 2 is 2.00 bits per heavy atom. The predicted octanol–water partition coefficient (Wildman–Crippen LogP) is 3.35. The van der Waals surface area contributed by atoms with Gasteiger partial charge in [-0.3, -0.25) is 4.68 Å². The molecule has 1 aliphatic carbocycles. The van der Waals surface area contributed by atoms with Gasteiger partial charge in [-0.25, -0.2) is 0 Å². The van der Waals surface area contributed by atoms with Crippen molar-refractivity contribution in [2.75, 3.05) is 7.05 Å². The highest BCUT2D eigenvalue weighted by molar-refractivity contribution is 9.10. The van der Waals surface area contributed by atoms with Crippen molar-refractivity contribution in [2.24, 2.45) is 7.05 Å². The van der Waals surface area contributed by atoms with Gasteiger partial charge >= 0.3 is 0 Å². The lowest BCUT2D eigenvalue weighted by Gasteiger charge is -2.27. The van der Waals surface area contributed by atoms with E-state index in [4.69, 9.17) is 0 Å². The van der Waals surface area contributed by atoms with E-state index in [9.17, 15) is 0 Å². The number of likely N-dealkylation sites (N-methyl/N-ethyl adjacent to an activating group) is 1. The van der Waals surface area contributed by atoms with E-state index in [1.807, 2.05) is 18.7 Å². The Labute approximate surface area is 134 Å². The third-order valence-corrected chi connectivity index (χ3v) is 5.84. The standard InChI is InChI=1S/C17H22BrN3/c1-12-16(18)14(21(3)20-12)11-15(19-2)17(9-10-17)13-7-5-4-6-8-13/h4-8,15,19H,9-11H2,1-3H3. The van der Waals surface area contributed by atoms with E-state index in [0.29, 0.717) is 6.04 Å². The molecule has 1 heterocycles. The molecule has 1 atom stereocenters. The highest BCUT2D eigenvalue weighted by atomic mass is 79.9. The molecule has 1 N–H and O–H groups in total. The van der Waals surface area contributed by atoms with Crippen LogP contribution in [0.5, 0.6) is 0 Å². The molecule has 0 bridgehead atoms. The van der Waals surface area contributed by atoms with E-state index >= 15 is 0 Å². The Balaban J connectivity index is 1.89. The molecule has 1 aliphatic rings. The number of rotatable bonds is 5. The van der Waals surface area contributed by atoms with Gasteiger partial charge in [0, 0.05) is 24.9 Å². The predicted molar refractivity (Wildman–Crippen MR) is 89.6 cm³/mol. The molecule has 2 aromatic rings. The zero-order valence-electron chi connectivity index (χ0n) is 12.9. The van der Waals surface area contributed by atoms with Crippen molar-refractivity contribution in [3.63, 3.8) is 0 Å². The lowest BCUT2D eigenvalue weighted by molar-refractivity contribution is 0.431. The molecule has 0 aliphatic heterocycles. The van der Waals surface area contributed by atoms with Crippen LogP contribution in [0.3, 0.4) is 0 Å². The second-order valence-electron chi connectivity index (χ2n) is 6.04. The highest BCUT2D eigenvalue weighted by Crippen LogP contribution is 2.51. The van der Waals surface area contributed by atoms with Crippen LogP contribution in [0.2, 0.25) is 0 Å². The first kappa shape index (κ1) is 14.8. The van der Waals surface area contributed by atoms with E-state index in [1.54, 1.807) is 0 Å². The van der Waals surface area contributed by atoms with Crippen LogP contribution >= 0.6 is 15.9 Å². The van der Waals surface area contributed by atoms with Gasteiger partial charge in [0.25, 0.3) is 0 Å². The topological polar surface area (TPSA) is 29.9 Å². The van der Waals surface area contributed by atoms with E-state index in [1.165, 1.54) is 24.1 Å². The van der Waals surface area contributed by atoms with E-state index in [-0.39, 0.29) is 5.41 Å². The van der Waals surface area contributed by atoms with Crippen LogP contribution in [0.1, 0.15) is 29.8 Å². The Hall–Kier alpha value is -1.13. The number of nitrogens with one attached hydrogen (secondary N) is 1. The van der Waals surface area contributed by atoms with Gasteiger partial charge in [-0.15, -0.1) is 0 Å². The lowest BCUT2D eigenvalue weighted by atomic mass is 9.85. The molecule has 0 radical (unpaired) electrons. The van der Waals surface area contributed by atoms with Crippen molar-refractivity contribution >= 4 is 15.9 Å². The number of benzene rings is 1. The first-order valence-electron chi connectivity index (χ1n) is 7.49. The summed E-state index contributed by atoms with van der Waals surface area (Å²) in [5.74, 6) is 0. The largest absolute Gasteiger partial charge is 0.316 e. The first-order valence-corrected chi connectivity index (χ1v) is 8.28. The second-order valence-corrected chi connectivity index (χ2v) is 6.83. The maximum Gasteiger partial charge on any atom is 0.0738 e. The van der Waals surface area contributed by atoms with Gasteiger partial charge in [-0.05, 0) is 48.3 Å². The van der Waals surface area contributed by atoms with Crippen LogP contribution in [0.4, 0.5) is 0 Å². The zero-order valence-corrected chi connectivity index (χ0v) is 14.4. The summed E-state index contributed by atoms with van der Waals surface area (Å²) in [7, 11) is 4.10. The molecule has 0 amide bonds. The summed E-state index contributed by atoms with van der Waals surface area (Å²) in [6.07, 6.45) is 3.51. The summed E-state index contributed by atoms with van der Waals surface area (Å²) in [6, 6.07) is 11.3. The molecular formula is C17H22BrN3. The van der Waals surface area contributed by atoms with Crippen molar-refractivity contribution < 1.29 is 0 Å². The molecule has 1 aromatic heterocycles. The molecule has 0 spiro atoms. The van der Waals surface area contributed by atoms with E-state index < -0.39 is 0 Å². The van der Waals surface area contributed by atoms with Gasteiger partial charge in [0.2, 0.25) is 0 Å². The average molecular weight is 348 g/mol. The van der Waals surface area contributed by atoms with Crippen molar-refractivity contribution in [3.05, 3.63) is 51.8 Å². The monoisotopic (exact) mass is 347 g/mol. The maximum atomic E-state index is 4.52. The summed E-state index contributed by atoms with van der Waals surface area (Å²) in [5, 5.41) is 8.07. The summed E-state index contributed by atoms with van der Waals surface area (Å²) in [4.78, 5) is 0. The van der Waals surface area contributed by atoms with Crippen LogP contribution in [0.15, 0.2) is 34.8 Å². The number of hydrogen-bond acceptors (Lipinski definition) is 2. The molecule has 21 heavy (non-hydrogen) atoms. The molecule has 1 fully saturated rings. The van der Waals surface area contributed by atoms with Crippen molar-refractivity contribution in [3.8, 4) is 0 Å². The third kappa shape index (κ3) is 2.55. The molecule has 3 nitrogen and oxygen atoms in total. The van der Waals surface area contributed by atoms with Gasteiger partial charge < -0.3 is 5.32 Å². The Kier molecular flexibility index (Phi) is 3.93. The van der Waals surface area contributed by atoms with Gasteiger partial charge in [-0.1, -0.05) is 30.3 Å². The summed E-state index contributed by atoms with van der Waals surface area (Å²) in [6.45, 7) is 2.05. The normalized spacial score (nSPS) is 17.7. The maximum absolute atomic E-state index is 4.52. The summed E-state index contributed by atoms with van der Waals surface area (Å²) in [5.41, 5.74) is 4.08. The highest BCUT2D eigenvalue weighted by Gasteiger charge is 2.50. The van der Waals surface area contributed by atoms with Gasteiger partial charge in [0.05, 0.1) is 15.9 Å². The molecule has 3 rings (SSSR count). The van der Waals surface area contributed by atoms with Crippen LogP contribution in [-0.4, -0.2) is 22.9 Å². The minimum atomic E-state index is 0.285. The smallest absolute Gasteiger partial charge is 0.0738 e. The minimum absolute atomic E-state index is 0.285.